The van der Waals surface area contributed by atoms with Crippen LogP contribution in [0, 0.1) is 6.92 Å². The maximum Gasteiger partial charge on any atom is 0.268 e. The number of benzene rings is 2. The summed E-state index contributed by atoms with van der Waals surface area (Å²) in [4.78, 5) is 9.68. The Bertz CT molecular complexity index is 1280. The van der Waals surface area contributed by atoms with E-state index in [1.165, 1.54) is 5.56 Å². The molecule has 0 amide bonds. The van der Waals surface area contributed by atoms with Crippen LogP contribution in [-0.4, -0.2) is 41.6 Å². The lowest BCUT2D eigenvalue weighted by Crippen LogP contribution is -2.11. The Hall–Kier alpha value is -3.11. The van der Waals surface area contributed by atoms with E-state index >= 15 is 0 Å². The third-order valence-electron chi connectivity index (χ3n) is 5.83. The number of aromatic nitrogens is 4. The van der Waals surface area contributed by atoms with E-state index in [0.29, 0.717) is 33.8 Å². The normalized spacial score (nSPS) is 13.3. The van der Waals surface area contributed by atoms with Crippen LogP contribution >= 0.6 is 10.6 Å². The first-order chi connectivity index (χ1) is 16.2. The molecule has 8 nitrogen and oxygen atoms in total. The van der Waals surface area contributed by atoms with Crippen molar-refractivity contribution in [2.75, 3.05) is 7.05 Å². The molecule has 1 atom stereocenters. The van der Waals surface area contributed by atoms with Gasteiger partial charge in [0.05, 0.1) is 22.5 Å². The summed E-state index contributed by atoms with van der Waals surface area (Å²) >= 11 is 0. The van der Waals surface area contributed by atoms with Crippen LogP contribution in [0.4, 0.5) is 0 Å². The van der Waals surface area contributed by atoms with E-state index in [-0.39, 0.29) is 12.7 Å². The molecule has 2 aromatic heterocycles. The molecule has 0 fully saturated rings. The molecule has 3 N–H and O–H groups in total. The molecule has 180 valence electrons. The van der Waals surface area contributed by atoms with E-state index in [9.17, 15) is 9.11 Å². The Labute approximate surface area is 202 Å². The monoisotopic (exact) mass is 481 g/mol. The number of aryl methyl sites for hydroxylation is 1. The lowest BCUT2D eigenvalue weighted by atomic mass is 10.1. The van der Waals surface area contributed by atoms with Gasteiger partial charge < -0.3 is 9.73 Å². The Morgan fingerprint density at radius 1 is 0.912 bits per heavy atom. The molecular formula is C25H31N5O3S. The smallest absolute Gasteiger partial charge is 0.268 e. The first-order valence-electron chi connectivity index (χ1n) is 11.0. The molecule has 0 aliphatic heterocycles. The molecule has 0 radical (unpaired) electrons. The van der Waals surface area contributed by atoms with E-state index in [1.54, 1.807) is 32.2 Å². The van der Waals surface area contributed by atoms with Crippen molar-refractivity contribution in [1.29, 1.82) is 0 Å². The van der Waals surface area contributed by atoms with Crippen molar-refractivity contribution in [1.82, 2.24) is 25.5 Å². The molecule has 1 unspecified atom stereocenters. The number of nitrogens with zero attached hydrogens (tertiary/aromatic N) is 4. The van der Waals surface area contributed by atoms with E-state index in [4.69, 9.17) is 9.40 Å². The average Bonchev–Trinajstić information content (AvgIpc) is 3.34. The second kappa shape index (κ2) is 9.63. The standard InChI is InChI=1S/C25H29N5O3S.H2/c1-15(2)34(31,32)21-12-10-19(11-13-21)22-14-27-17(4)23(28-22)25-30-29-24(33-25)20-8-6-18(7-9-20)16(3)26-5;/h6-16,26,31-32H,1-5H3;1H. The lowest BCUT2D eigenvalue weighted by molar-refractivity contribution is 0.476. The van der Waals surface area contributed by atoms with Gasteiger partial charge in [0.15, 0.2) is 0 Å². The highest BCUT2D eigenvalue weighted by molar-refractivity contribution is 8.24. The molecule has 4 rings (SSSR count). The van der Waals surface area contributed by atoms with Gasteiger partial charge in [0.1, 0.15) is 5.69 Å². The third kappa shape index (κ3) is 4.74. The van der Waals surface area contributed by atoms with Gasteiger partial charge >= 0.3 is 0 Å². The maximum atomic E-state index is 10.4. The summed E-state index contributed by atoms with van der Waals surface area (Å²) in [6, 6.07) is 15.3. The van der Waals surface area contributed by atoms with Crippen LogP contribution in [0.15, 0.2) is 64.0 Å². The van der Waals surface area contributed by atoms with Crippen molar-refractivity contribution in [3.63, 3.8) is 0 Å². The van der Waals surface area contributed by atoms with Gasteiger partial charge in [-0.25, -0.2) is 4.98 Å². The second-order valence-electron chi connectivity index (χ2n) is 8.40. The van der Waals surface area contributed by atoms with Crippen molar-refractivity contribution in [2.24, 2.45) is 0 Å². The van der Waals surface area contributed by atoms with Crippen LogP contribution in [0.25, 0.3) is 34.3 Å². The minimum atomic E-state index is -2.84. The van der Waals surface area contributed by atoms with Crippen LogP contribution in [0.3, 0.4) is 0 Å². The summed E-state index contributed by atoms with van der Waals surface area (Å²) in [6.07, 6.45) is 1.67. The first kappa shape index (κ1) is 24.0. The molecule has 0 saturated heterocycles. The van der Waals surface area contributed by atoms with Gasteiger partial charge in [-0.05, 0) is 64.6 Å². The second-order valence-corrected chi connectivity index (χ2v) is 11.0. The van der Waals surface area contributed by atoms with Gasteiger partial charge in [0.25, 0.3) is 5.89 Å². The zero-order valence-electron chi connectivity index (χ0n) is 19.9. The van der Waals surface area contributed by atoms with Crippen molar-refractivity contribution in [3.8, 4) is 34.3 Å². The molecular weight excluding hydrogens is 450 g/mol. The van der Waals surface area contributed by atoms with Crippen molar-refractivity contribution >= 4 is 10.6 Å². The van der Waals surface area contributed by atoms with Crippen LogP contribution in [0.2, 0.25) is 0 Å². The predicted molar refractivity (Wildman–Crippen MR) is 137 cm³/mol. The maximum absolute atomic E-state index is 10.4. The van der Waals surface area contributed by atoms with Crippen LogP contribution < -0.4 is 5.32 Å². The molecule has 0 aliphatic rings. The summed E-state index contributed by atoms with van der Waals surface area (Å²) in [6.45, 7) is 7.51. The molecule has 0 aliphatic carbocycles. The van der Waals surface area contributed by atoms with Crippen LogP contribution in [0.5, 0.6) is 0 Å². The molecule has 2 heterocycles. The van der Waals surface area contributed by atoms with E-state index in [2.05, 4.69) is 27.4 Å². The minimum absolute atomic E-state index is 0. The summed E-state index contributed by atoms with van der Waals surface area (Å²) in [5, 5.41) is 11.4. The highest BCUT2D eigenvalue weighted by Crippen LogP contribution is 2.52. The molecule has 0 bridgehead atoms. The van der Waals surface area contributed by atoms with Gasteiger partial charge in [0.2, 0.25) is 5.89 Å². The zero-order chi connectivity index (χ0) is 24.5. The number of hydrogen-bond acceptors (Lipinski definition) is 8. The Morgan fingerprint density at radius 3 is 2.15 bits per heavy atom. The summed E-state index contributed by atoms with van der Waals surface area (Å²) in [5.41, 5.74) is 4.59. The van der Waals surface area contributed by atoms with Crippen molar-refractivity contribution < 1.29 is 14.9 Å². The molecule has 0 spiro atoms. The number of nitrogens with one attached hydrogen (secondary N) is 1. The Kier molecular flexibility index (Phi) is 6.81. The van der Waals surface area contributed by atoms with Crippen molar-refractivity contribution in [3.05, 3.63) is 66.0 Å². The molecule has 9 heteroatoms. The van der Waals surface area contributed by atoms with Gasteiger partial charge in [-0.3, -0.25) is 14.1 Å². The first-order valence-corrected chi connectivity index (χ1v) is 12.6. The lowest BCUT2D eigenvalue weighted by Gasteiger charge is -2.36. The number of hydrogen-bond donors (Lipinski definition) is 3. The van der Waals surface area contributed by atoms with Gasteiger partial charge in [-0.15, -0.1) is 10.2 Å². The van der Waals surface area contributed by atoms with Crippen LogP contribution in [-0.2, 0) is 0 Å². The fraction of sp³-hybridized carbons (Fsp3) is 0.280. The number of rotatable bonds is 7. The third-order valence-corrected chi connectivity index (χ3v) is 8.11. The highest BCUT2D eigenvalue weighted by Gasteiger charge is 2.21. The van der Waals surface area contributed by atoms with E-state index in [1.807, 2.05) is 50.4 Å². The Morgan fingerprint density at radius 2 is 1.53 bits per heavy atom. The molecule has 0 saturated carbocycles. The topological polar surface area (TPSA) is 117 Å². The van der Waals surface area contributed by atoms with Crippen molar-refractivity contribution in [2.45, 2.75) is 43.9 Å². The molecule has 2 aromatic carbocycles. The van der Waals surface area contributed by atoms with Crippen LogP contribution in [0.1, 0.15) is 39.5 Å². The predicted octanol–water partition coefficient (Wildman–Crippen LogP) is 6.21. The summed E-state index contributed by atoms with van der Waals surface area (Å²) in [7, 11) is -0.915. The Balaban J connectivity index is 0.00000342. The fourth-order valence-electron chi connectivity index (χ4n) is 3.41. The molecule has 34 heavy (non-hydrogen) atoms. The van der Waals surface area contributed by atoms with Gasteiger partial charge in [-0.2, -0.15) is 10.6 Å². The van der Waals surface area contributed by atoms with Gasteiger partial charge in [0, 0.05) is 23.8 Å². The van der Waals surface area contributed by atoms with E-state index < -0.39 is 10.6 Å². The quantitative estimate of drug-likeness (QED) is 0.285. The zero-order valence-corrected chi connectivity index (χ0v) is 20.7. The van der Waals surface area contributed by atoms with Gasteiger partial charge in [-0.1, -0.05) is 24.3 Å². The minimum Gasteiger partial charge on any atom is -0.415 e. The fourth-order valence-corrected chi connectivity index (χ4v) is 4.49. The van der Waals surface area contributed by atoms with E-state index in [0.717, 1.165) is 11.1 Å². The average molecular weight is 482 g/mol. The highest BCUT2D eigenvalue weighted by atomic mass is 32.3. The summed E-state index contributed by atoms with van der Waals surface area (Å²) in [5.74, 6) is 0.702. The largest absolute Gasteiger partial charge is 0.415 e. The SMILES string of the molecule is CNC(C)c1ccc(-c2nnc(-c3nc(-c4ccc(S(O)(O)C(C)C)cc4)cnc3C)o2)cc1.[HH]. The molecule has 4 aromatic rings. The summed E-state index contributed by atoms with van der Waals surface area (Å²) < 4.78 is 26.7.